The molecule has 0 fully saturated rings. The molecule has 0 saturated carbocycles. The number of thiol groups is 1. The predicted octanol–water partition coefficient (Wildman–Crippen LogP) is 0.338. The van der Waals surface area contributed by atoms with Crippen molar-refractivity contribution in [3.05, 3.63) is 30.3 Å². The van der Waals surface area contributed by atoms with Crippen molar-refractivity contribution in [2.75, 3.05) is 0 Å². The summed E-state index contributed by atoms with van der Waals surface area (Å²) in [4.78, 5) is 0.442. The molecule has 0 aliphatic heterocycles. The molecule has 0 bridgehead atoms. The highest BCUT2D eigenvalue weighted by Gasteiger charge is 1.93. The Labute approximate surface area is 79.5 Å². The number of hydrogen-bond donors (Lipinski definition) is 3. The lowest BCUT2D eigenvalue weighted by atomic mass is 10.4. The van der Waals surface area contributed by atoms with Crippen LogP contribution in [0.2, 0.25) is 0 Å². The maximum absolute atomic E-state index is 10.3. The minimum absolute atomic E-state index is 0.442. The fourth-order valence-corrected chi connectivity index (χ4v) is 0.927. The lowest BCUT2D eigenvalue weighted by Crippen LogP contribution is -1.84. The summed E-state index contributed by atoms with van der Waals surface area (Å²) in [5.41, 5.74) is 0. The average molecular weight is 224 g/mol. The minimum atomic E-state index is -3.12. The summed E-state index contributed by atoms with van der Waals surface area (Å²) >= 11 is -1.83. The van der Waals surface area contributed by atoms with E-state index in [0.29, 0.717) is 4.90 Å². The zero-order chi connectivity index (χ0) is 10.3. The van der Waals surface area contributed by atoms with E-state index in [1.165, 1.54) is 0 Å². The summed E-state index contributed by atoms with van der Waals surface area (Å²) < 4.78 is 43.0. The summed E-state index contributed by atoms with van der Waals surface area (Å²) in [6.07, 6.45) is 0. The zero-order valence-corrected chi connectivity index (χ0v) is 8.07. The van der Waals surface area contributed by atoms with Gasteiger partial charge in [-0.15, -0.1) is 0 Å². The second-order valence-electron chi connectivity index (χ2n) is 1.80. The Bertz CT molecular complexity index is 324. The van der Waals surface area contributed by atoms with Gasteiger partial charge in [-0.3, -0.25) is 4.55 Å². The average Bonchev–Trinajstić information content (AvgIpc) is 2.05. The molecule has 0 amide bonds. The normalized spacial score (nSPS) is 11.6. The molecule has 0 aromatic heterocycles. The highest BCUT2D eigenvalue weighted by atomic mass is 32.2. The molecule has 74 valence electrons. The Morgan fingerprint density at radius 3 is 1.77 bits per heavy atom. The third kappa shape index (κ3) is 7.60. The van der Waals surface area contributed by atoms with Gasteiger partial charge in [0.25, 0.3) is 11.0 Å². The number of hydrogen-bond acceptors (Lipinski definition) is 3. The van der Waals surface area contributed by atoms with Crippen LogP contribution in [0.4, 0.5) is 0 Å². The first kappa shape index (κ1) is 12.2. The van der Waals surface area contributed by atoms with Gasteiger partial charge in [0.1, 0.15) is 0 Å². The van der Waals surface area contributed by atoms with Gasteiger partial charge >= 0.3 is 0 Å². The Morgan fingerprint density at radius 2 is 1.54 bits per heavy atom. The van der Waals surface area contributed by atoms with Crippen molar-refractivity contribution in [2.45, 2.75) is 4.90 Å². The fourth-order valence-electron chi connectivity index (χ4n) is 0.537. The van der Waals surface area contributed by atoms with Crippen LogP contribution >= 0.6 is 0 Å². The van der Waals surface area contributed by atoms with Crippen LogP contribution in [-0.4, -0.2) is 21.7 Å². The van der Waals surface area contributed by atoms with E-state index in [1.54, 1.807) is 30.3 Å². The monoisotopic (exact) mass is 224 g/mol. The predicted molar refractivity (Wildman–Crippen MR) is 48.4 cm³/mol. The lowest BCUT2D eigenvalue weighted by Gasteiger charge is -1.89. The Hall–Kier alpha value is -0.760. The van der Waals surface area contributed by atoms with Crippen molar-refractivity contribution in [3.63, 3.8) is 0 Å². The van der Waals surface area contributed by atoms with E-state index < -0.39 is 22.1 Å². The van der Waals surface area contributed by atoms with E-state index in [-0.39, 0.29) is 0 Å². The molecular formula is C6H8O5S2. The zero-order valence-electron chi connectivity index (χ0n) is 6.36. The molecule has 0 heterocycles. The van der Waals surface area contributed by atoms with E-state index >= 15 is 0 Å². The molecule has 0 spiro atoms. The summed E-state index contributed by atoms with van der Waals surface area (Å²) in [5.74, 6) is 0. The molecular weight excluding hydrogens is 216 g/mol. The standard InChI is InChI=1S/C6H6O2S.H2O3S/c7-9(8)6-4-2-1-3-5-6;1-4(2)3/h1-5H,(H,7,8);4H,(H,1,2,3). The quantitative estimate of drug-likeness (QED) is 0.363. The largest absolute Gasteiger partial charge is 0.302 e. The molecule has 0 aliphatic carbocycles. The van der Waals surface area contributed by atoms with Gasteiger partial charge in [-0.05, 0) is 12.1 Å². The van der Waals surface area contributed by atoms with Crippen LogP contribution in [0, 0.1) is 0 Å². The van der Waals surface area contributed by atoms with Crippen LogP contribution in [0.15, 0.2) is 35.2 Å². The van der Waals surface area contributed by atoms with Crippen molar-refractivity contribution in [2.24, 2.45) is 0 Å². The van der Waals surface area contributed by atoms with Crippen molar-refractivity contribution in [1.29, 1.82) is 0 Å². The summed E-state index contributed by atoms with van der Waals surface area (Å²) in [5, 5.41) is 0. The first-order valence-corrected chi connectivity index (χ1v) is 5.27. The third-order valence-corrected chi connectivity index (χ3v) is 1.62. The van der Waals surface area contributed by atoms with Crippen LogP contribution in [0.5, 0.6) is 0 Å². The van der Waals surface area contributed by atoms with Gasteiger partial charge < -0.3 is 4.55 Å². The molecule has 13 heavy (non-hydrogen) atoms. The molecule has 1 unspecified atom stereocenters. The van der Waals surface area contributed by atoms with E-state index in [1.807, 2.05) is 0 Å². The molecule has 0 radical (unpaired) electrons. The second kappa shape index (κ2) is 6.72. The highest BCUT2D eigenvalue weighted by molar-refractivity contribution is 7.79. The first-order chi connectivity index (χ1) is 6.04. The van der Waals surface area contributed by atoms with Crippen LogP contribution < -0.4 is 0 Å². The maximum Gasteiger partial charge on any atom is 0.254 e. The third-order valence-electron chi connectivity index (χ3n) is 0.945. The fraction of sp³-hybridized carbons (Fsp3) is 0. The van der Waals surface area contributed by atoms with Gasteiger partial charge in [-0.2, -0.15) is 0 Å². The Morgan fingerprint density at radius 1 is 1.15 bits per heavy atom. The van der Waals surface area contributed by atoms with Crippen LogP contribution in [-0.2, 0) is 22.1 Å². The van der Waals surface area contributed by atoms with E-state index in [0.717, 1.165) is 0 Å². The molecule has 1 atom stereocenters. The summed E-state index contributed by atoms with van der Waals surface area (Å²) in [6, 6.07) is 8.47. The first-order valence-electron chi connectivity index (χ1n) is 3.03. The van der Waals surface area contributed by atoms with Gasteiger partial charge in [0.2, 0.25) is 0 Å². The molecule has 5 nitrogen and oxygen atoms in total. The van der Waals surface area contributed by atoms with Gasteiger partial charge in [-0.25, -0.2) is 12.6 Å². The molecule has 7 heteroatoms. The molecule has 2 N–H and O–H groups in total. The van der Waals surface area contributed by atoms with Crippen LogP contribution in [0.3, 0.4) is 0 Å². The lowest BCUT2D eigenvalue weighted by molar-refractivity contribution is 0.509. The van der Waals surface area contributed by atoms with E-state index in [9.17, 15) is 4.21 Å². The Balaban J connectivity index is 0.000000310. The Kier molecular flexibility index (Phi) is 6.33. The number of benzene rings is 1. The van der Waals surface area contributed by atoms with Crippen molar-refractivity contribution in [1.82, 2.24) is 0 Å². The van der Waals surface area contributed by atoms with E-state index in [2.05, 4.69) is 0 Å². The highest BCUT2D eigenvalue weighted by Crippen LogP contribution is 2.00. The SMILES string of the molecule is O=S(O)c1ccccc1.O=[SH](=O)O. The molecule has 1 rings (SSSR count). The van der Waals surface area contributed by atoms with Gasteiger partial charge in [0, 0.05) is 0 Å². The maximum atomic E-state index is 10.3. The molecule has 1 aromatic rings. The number of rotatable bonds is 1. The van der Waals surface area contributed by atoms with Crippen LogP contribution in [0.1, 0.15) is 0 Å². The van der Waals surface area contributed by atoms with Gasteiger partial charge in [0.15, 0.2) is 11.1 Å². The van der Waals surface area contributed by atoms with Crippen molar-refractivity contribution in [3.8, 4) is 0 Å². The van der Waals surface area contributed by atoms with Gasteiger partial charge in [0.05, 0.1) is 4.90 Å². The second-order valence-corrected chi connectivity index (χ2v) is 3.25. The minimum Gasteiger partial charge on any atom is -0.302 e. The topological polar surface area (TPSA) is 91.7 Å². The van der Waals surface area contributed by atoms with Gasteiger partial charge in [-0.1, -0.05) is 18.2 Å². The summed E-state index contributed by atoms with van der Waals surface area (Å²) in [6.45, 7) is 0. The van der Waals surface area contributed by atoms with Crippen molar-refractivity contribution < 1.29 is 21.7 Å². The smallest absolute Gasteiger partial charge is 0.254 e. The summed E-state index contributed by atoms with van der Waals surface area (Å²) in [7, 11) is -3.12. The molecule has 0 aliphatic rings. The molecule has 1 aromatic carbocycles. The van der Waals surface area contributed by atoms with Crippen LogP contribution in [0.25, 0.3) is 0 Å². The van der Waals surface area contributed by atoms with Crippen molar-refractivity contribution >= 4 is 22.1 Å². The van der Waals surface area contributed by atoms with E-state index in [4.69, 9.17) is 17.5 Å². The molecule has 0 saturated heterocycles.